The molecule has 1 aromatic carbocycles. The van der Waals surface area contributed by atoms with Gasteiger partial charge >= 0.3 is 0 Å². The van der Waals surface area contributed by atoms with Crippen molar-refractivity contribution in [2.45, 2.75) is 37.8 Å². The maximum Gasteiger partial charge on any atom is 0.261 e. The second kappa shape index (κ2) is 10.7. The van der Waals surface area contributed by atoms with E-state index in [1.54, 1.807) is 53.9 Å². The maximum atomic E-state index is 13.4. The fourth-order valence-electron chi connectivity index (χ4n) is 3.95. The Morgan fingerprint density at radius 2 is 1.85 bits per heavy atom. The minimum Gasteiger partial charge on any atom is -0.467 e. The van der Waals surface area contributed by atoms with Crippen molar-refractivity contribution in [1.82, 2.24) is 10.6 Å². The van der Waals surface area contributed by atoms with Crippen LogP contribution in [-0.4, -0.2) is 30.3 Å². The van der Waals surface area contributed by atoms with Crippen LogP contribution in [0.5, 0.6) is 0 Å². The lowest BCUT2D eigenvalue weighted by molar-refractivity contribution is -0.127. The monoisotopic (exact) mass is 485 g/mol. The minimum absolute atomic E-state index is 0.0654. The van der Waals surface area contributed by atoms with Crippen LogP contribution in [0.3, 0.4) is 0 Å². The van der Waals surface area contributed by atoms with Crippen LogP contribution in [0, 0.1) is 0 Å². The van der Waals surface area contributed by atoms with E-state index in [0.29, 0.717) is 21.3 Å². The molecule has 1 saturated carbocycles. The number of anilines is 1. The second-order valence-corrected chi connectivity index (χ2v) is 9.19. The van der Waals surface area contributed by atoms with E-state index in [0.717, 1.165) is 25.7 Å². The van der Waals surface area contributed by atoms with Crippen LogP contribution in [0.15, 0.2) is 64.6 Å². The lowest BCUT2D eigenvalue weighted by Crippen LogP contribution is -2.49. The molecule has 2 heterocycles. The van der Waals surface area contributed by atoms with Crippen molar-refractivity contribution in [3.05, 3.63) is 75.8 Å². The Balaban J connectivity index is 1.63. The molecule has 2 N–H and O–H groups in total. The van der Waals surface area contributed by atoms with Gasteiger partial charge in [-0.15, -0.1) is 11.3 Å². The number of amides is 3. The molecule has 2 aromatic heterocycles. The van der Waals surface area contributed by atoms with Gasteiger partial charge in [0.05, 0.1) is 17.7 Å². The highest BCUT2D eigenvalue weighted by Gasteiger charge is 2.36. The zero-order valence-corrected chi connectivity index (χ0v) is 19.4. The van der Waals surface area contributed by atoms with Crippen LogP contribution < -0.4 is 15.5 Å². The largest absolute Gasteiger partial charge is 0.467 e. The van der Waals surface area contributed by atoms with Crippen molar-refractivity contribution in [2.24, 2.45) is 0 Å². The van der Waals surface area contributed by atoms with Crippen LogP contribution in [0.25, 0.3) is 0 Å². The van der Waals surface area contributed by atoms with Crippen molar-refractivity contribution in [3.63, 3.8) is 0 Å². The molecular formula is C24H24ClN3O4S. The normalized spacial score (nSPS) is 14.6. The Kier molecular flexibility index (Phi) is 7.47. The smallest absolute Gasteiger partial charge is 0.261 e. The van der Waals surface area contributed by atoms with Gasteiger partial charge in [-0.05, 0) is 60.7 Å². The molecule has 1 unspecified atom stereocenters. The first-order valence-corrected chi connectivity index (χ1v) is 12.0. The summed E-state index contributed by atoms with van der Waals surface area (Å²) in [6.45, 7) is -0.284. The maximum absolute atomic E-state index is 13.4. The van der Waals surface area contributed by atoms with Crippen molar-refractivity contribution in [2.75, 3.05) is 11.4 Å². The van der Waals surface area contributed by atoms with Crippen molar-refractivity contribution in [3.8, 4) is 0 Å². The number of furan rings is 1. The van der Waals surface area contributed by atoms with Gasteiger partial charge in [-0.3, -0.25) is 19.3 Å². The van der Waals surface area contributed by atoms with Crippen molar-refractivity contribution < 1.29 is 18.8 Å². The first-order valence-electron chi connectivity index (χ1n) is 10.8. The Hall–Kier alpha value is -3.10. The molecule has 0 bridgehead atoms. The van der Waals surface area contributed by atoms with Gasteiger partial charge in [-0.2, -0.15) is 0 Å². The number of nitrogens with one attached hydrogen (secondary N) is 2. The van der Waals surface area contributed by atoms with Crippen LogP contribution in [0.1, 0.15) is 47.2 Å². The first kappa shape index (κ1) is 23.1. The summed E-state index contributed by atoms with van der Waals surface area (Å²) in [6, 6.07) is 12.5. The summed E-state index contributed by atoms with van der Waals surface area (Å²) < 4.78 is 5.58. The summed E-state index contributed by atoms with van der Waals surface area (Å²) in [6.07, 6.45) is 5.40. The molecule has 1 atom stereocenters. The van der Waals surface area contributed by atoms with E-state index in [9.17, 15) is 14.4 Å². The van der Waals surface area contributed by atoms with E-state index < -0.39 is 11.9 Å². The average Bonchev–Trinajstić information content (AvgIpc) is 3.60. The molecular weight excluding hydrogens is 462 g/mol. The van der Waals surface area contributed by atoms with E-state index in [-0.39, 0.29) is 24.4 Å². The van der Waals surface area contributed by atoms with E-state index in [1.165, 1.54) is 22.5 Å². The SMILES string of the molecule is O=C(NCC(=O)N(c1ccc(Cl)cc1)C(C(=O)NC1CCCC1)c1ccco1)c1cccs1. The molecule has 0 radical (unpaired) electrons. The molecule has 0 spiro atoms. The highest BCUT2D eigenvalue weighted by molar-refractivity contribution is 7.12. The zero-order chi connectivity index (χ0) is 23.2. The summed E-state index contributed by atoms with van der Waals surface area (Å²) in [5.41, 5.74) is 0.470. The third kappa shape index (κ3) is 5.64. The zero-order valence-electron chi connectivity index (χ0n) is 17.8. The number of rotatable bonds is 8. The van der Waals surface area contributed by atoms with Gasteiger partial charge in [0, 0.05) is 16.8 Å². The average molecular weight is 486 g/mol. The van der Waals surface area contributed by atoms with Gasteiger partial charge in [0.2, 0.25) is 5.91 Å². The Morgan fingerprint density at radius 3 is 2.48 bits per heavy atom. The van der Waals surface area contributed by atoms with Gasteiger partial charge in [0.15, 0.2) is 6.04 Å². The Morgan fingerprint density at radius 1 is 1.09 bits per heavy atom. The quantitative estimate of drug-likeness (QED) is 0.489. The molecule has 1 aliphatic rings. The van der Waals surface area contributed by atoms with E-state index >= 15 is 0 Å². The minimum atomic E-state index is -1.03. The van der Waals surface area contributed by atoms with Crippen LogP contribution in [0.2, 0.25) is 5.02 Å². The molecule has 172 valence electrons. The molecule has 9 heteroatoms. The fourth-order valence-corrected chi connectivity index (χ4v) is 4.71. The summed E-state index contributed by atoms with van der Waals surface area (Å²) in [5, 5.41) is 8.01. The van der Waals surface area contributed by atoms with Crippen molar-refractivity contribution >= 4 is 46.3 Å². The van der Waals surface area contributed by atoms with Crippen LogP contribution in [0.4, 0.5) is 5.69 Å². The van der Waals surface area contributed by atoms with Crippen molar-refractivity contribution in [1.29, 1.82) is 0 Å². The molecule has 1 aliphatic carbocycles. The molecule has 7 nitrogen and oxygen atoms in total. The van der Waals surface area contributed by atoms with Crippen LogP contribution >= 0.6 is 22.9 Å². The molecule has 1 fully saturated rings. The molecule has 0 aliphatic heterocycles. The lowest BCUT2D eigenvalue weighted by Gasteiger charge is -2.31. The number of carbonyl (C=O) groups excluding carboxylic acids is 3. The van der Waals surface area contributed by atoms with Gasteiger partial charge in [0.1, 0.15) is 5.76 Å². The van der Waals surface area contributed by atoms with Gasteiger partial charge in [0.25, 0.3) is 11.8 Å². The number of halogens is 1. The lowest BCUT2D eigenvalue weighted by atomic mass is 10.1. The number of nitrogens with zero attached hydrogens (tertiary/aromatic N) is 1. The highest BCUT2D eigenvalue weighted by atomic mass is 35.5. The topological polar surface area (TPSA) is 91.7 Å². The summed E-state index contributed by atoms with van der Waals surface area (Å²) in [7, 11) is 0. The predicted octanol–water partition coefficient (Wildman–Crippen LogP) is 4.56. The molecule has 0 saturated heterocycles. The third-order valence-electron chi connectivity index (χ3n) is 5.54. The number of hydrogen-bond donors (Lipinski definition) is 2. The van der Waals surface area contributed by atoms with Crippen LogP contribution in [-0.2, 0) is 9.59 Å². The van der Waals surface area contributed by atoms with E-state index in [1.807, 2.05) is 0 Å². The van der Waals surface area contributed by atoms with E-state index in [4.69, 9.17) is 16.0 Å². The number of thiophene rings is 1. The molecule has 3 amide bonds. The summed E-state index contributed by atoms with van der Waals surface area (Å²) in [4.78, 5) is 41.1. The second-order valence-electron chi connectivity index (χ2n) is 7.81. The van der Waals surface area contributed by atoms with Gasteiger partial charge in [-0.1, -0.05) is 30.5 Å². The third-order valence-corrected chi connectivity index (χ3v) is 6.66. The number of hydrogen-bond acceptors (Lipinski definition) is 5. The highest BCUT2D eigenvalue weighted by Crippen LogP contribution is 2.30. The van der Waals surface area contributed by atoms with Gasteiger partial charge in [-0.25, -0.2) is 0 Å². The first-order chi connectivity index (χ1) is 16.0. The number of benzene rings is 1. The molecule has 4 rings (SSSR count). The fraction of sp³-hybridized carbons (Fsp3) is 0.292. The Bertz CT molecular complexity index is 1080. The van der Waals surface area contributed by atoms with Gasteiger partial charge < -0.3 is 15.1 Å². The molecule has 3 aromatic rings. The summed E-state index contributed by atoms with van der Waals surface area (Å²) in [5.74, 6) is -0.798. The standard InChI is InChI=1S/C24H24ClN3O4S/c25-16-9-11-18(12-10-16)28(21(29)15-26-23(30)20-8-4-14-33-20)22(19-7-3-13-32-19)24(31)27-17-5-1-2-6-17/h3-4,7-14,17,22H,1-2,5-6,15H2,(H,26,30)(H,27,31). The number of carbonyl (C=O) groups is 3. The predicted molar refractivity (Wildman–Crippen MR) is 127 cm³/mol. The Labute approximate surface area is 200 Å². The molecule has 33 heavy (non-hydrogen) atoms. The summed E-state index contributed by atoms with van der Waals surface area (Å²) >= 11 is 7.34. The van der Waals surface area contributed by atoms with E-state index in [2.05, 4.69) is 10.6 Å².